The summed E-state index contributed by atoms with van der Waals surface area (Å²) >= 11 is 1.51. The topological polar surface area (TPSA) is 65.1 Å². The second-order valence-electron chi connectivity index (χ2n) is 8.49. The van der Waals surface area contributed by atoms with Gasteiger partial charge in [-0.15, -0.1) is 11.8 Å². The number of hydrogen-bond acceptors (Lipinski definition) is 6. The molecule has 2 atom stereocenters. The quantitative estimate of drug-likeness (QED) is 0.186. The number of cyclic esters (lactones) is 1. The van der Waals surface area contributed by atoms with Crippen LogP contribution in [0, 0.1) is 0 Å². The van der Waals surface area contributed by atoms with Crippen LogP contribution in [-0.2, 0) is 25.4 Å². The lowest BCUT2D eigenvalue weighted by Gasteiger charge is -2.31. The number of thioether (sulfide) groups is 1. The first-order valence-electron chi connectivity index (χ1n) is 11.9. The van der Waals surface area contributed by atoms with Gasteiger partial charge in [-0.25, -0.2) is 9.69 Å². The molecule has 1 saturated heterocycles. The Balaban J connectivity index is 2.14. The zero-order chi connectivity index (χ0) is 24.1. The summed E-state index contributed by atoms with van der Waals surface area (Å²) in [7, 11) is 3.21. The SMILES string of the molecule is CCCCCC/C=C/[C@](C)(SCCC(OC)OC)C(=O)N1C(=O)OC[C@H]1Cc1ccccc1. The average molecular weight is 478 g/mol. The molecule has 0 bridgehead atoms. The Morgan fingerprint density at radius 1 is 1.24 bits per heavy atom. The summed E-state index contributed by atoms with van der Waals surface area (Å²) in [5.41, 5.74) is 1.07. The van der Waals surface area contributed by atoms with Crippen LogP contribution in [0.4, 0.5) is 4.79 Å². The second kappa shape index (κ2) is 14.4. The molecule has 0 aliphatic carbocycles. The van der Waals surface area contributed by atoms with Crippen LogP contribution in [0.2, 0.25) is 0 Å². The number of rotatable bonds is 15. The van der Waals surface area contributed by atoms with Crippen LogP contribution in [0.1, 0.15) is 57.9 Å². The standard InChI is InChI=1S/C26H39NO5S/c1-5-6-7-8-9-13-17-26(2,33-18-16-23(30-3)31-4)24(28)27-22(20-32-25(27)29)19-21-14-11-10-12-15-21/h10-15,17,22-23H,5-9,16,18-20H2,1-4H3/b17-13+/t22-,26+/m1/s1. The number of methoxy groups -OCH3 is 2. The number of allylic oxidation sites excluding steroid dienone is 1. The molecule has 0 aromatic heterocycles. The third-order valence-corrected chi connectivity index (χ3v) is 7.21. The van der Waals surface area contributed by atoms with E-state index in [0.29, 0.717) is 18.6 Å². The smallest absolute Gasteiger partial charge is 0.417 e. The lowest BCUT2D eigenvalue weighted by molar-refractivity contribution is -0.130. The van der Waals surface area contributed by atoms with Gasteiger partial charge >= 0.3 is 6.09 Å². The minimum atomic E-state index is -0.880. The van der Waals surface area contributed by atoms with E-state index in [2.05, 4.69) is 13.0 Å². The van der Waals surface area contributed by atoms with E-state index in [1.807, 2.05) is 43.3 Å². The first-order chi connectivity index (χ1) is 15.9. The number of ether oxygens (including phenoxy) is 3. The zero-order valence-corrected chi connectivity index (χ0v) is 21.3. The van der Waals surface area contributed by atoms with Crippen molar-refractivity contribution < 1.29 is 23.8 Å². The molecule has 7 heteroatoms. The van der Waals surface area contributed by atoms with E-state index in [1.165, 1.54) is 35.9 Å². The molecule has 0 spiro atoms. The van der Waals surface area contributed by atoms with Crippen molar-refractivity contribution in [1.29, 1.82) is 0 Å². The predicted octanol–water partition coefficient (Wildman–Crippen LogP) is 5.60. The summed E-state index contributed by atoms with van der Waals surface area (Å²) in [5.74, 6) is 0.424. The van der Waals surface area contributed by atoms with Crippen molar-refractivity contribution >= 4 is 23.8 Å². The van der Waals surface area contributed by atoms with Crippen molar-refractivity contribution in [2.45, 2.75) is 75.9 Å². The predicted molar refractivity (Wildman–Crippen MR) is 133 cm³/mol. The molecule has 6 nitrogen and oxygen atoms in total. The van der Waals surface area contributed by atoms with E-state index in [1.54, 1.807) is 14.2 Å². The Kier molecular flexibility index (Phi) is 12.0. The molecular formula is C26H39NO5S. The van der Waals surface area contributed by atoms with E-state index in [9.17, 15) is 9.59 Å². The van der Waals surface area contributed by atoms with Crippen molar-refractivity contribution in [3.05, 3.63) is 48.0 Å². The normalized spacial score (nSPS) is 18.2. The molecule has 33 heavy (non-hydrogen) atoms. The van der Waals surface area contributed by atoms with E-state index in [-0.39, 0.29) is 24.8 Å². The molecule has 1 fully saturated rings. The Labute approximate surface area is 203 Å². The van der Waals surface area contributed by atoms with Gasteiger partial charge in [-0.05, 0) is 37.5 Å². The van der Waals surface area contributed by atoms with E-state index < -0.39 is 10.8 Å². The van der Waals surface area contributed by atoms with Crippen LogP contribution in [0.25, 0.3) is 0 Å². The highest BCUT2D eigenvalue weighted by Gasteiger charge is 2.45. The number of hydrogen-bond donors (Lipinski definition) is 0. The summed E-state index contributed by atoms with van der Waals surface area (Å²) in [5, 5.41) is 0. The Bertz CT molecular complexity index is 752. The van der Waals surface area contributed by atoms with Gasteiger partial charge in [-0.3, -0.25) is 4.79 Å². The maximum absolute atomic E-state index is 13.7. The van der Waals surface area contributed by atoms with Crippen molar-refractivity contribution in [1.82, 2.24) is 4.90 Å². The van der Waals surface area contributed by atoms with Crippen molar-refractivity contribution in [2.24, 2.45) is 0 Å². The fraction of sp³-hybridized carbons (Fsp3) is 0.615. The zero-order valence-electron chi connectivity index (χ0n) is 20.5. The second-order valence-corrected chi connectivity index (χ2v) is 10.0. The lowest BCUT2D eigenvalue weighted by atomic mass is 10.0. The molecule has 1 aromatic rings. The maximum atomic E-state index is 13.7. The molecule has 0 unspecified atom stereocenters. The molecule has 1 aliphatic rings. The van der Waals surface area contributed by atoms with Gasteiger partial charge < -0.3 is 14.2 Å². The van der Waals surface area contributed by atoms with Gasteiger partial charge in [0, 0.05) is 20.6 Å². The molecule has 0 N–H and O–H groups in total. The number of benzene rings is 1. The fourth-order valence-electron chi connectivity index (χ4n) is 3.86. The van der Waals surface area contributed by atoms with Gasteiger partial charge in [0.15, 0.2) is 6.29 Å². The molecule has 184 valence electrons. The molecule has 2 rings (SSSR count). The van der Waals surface area contributed by atoms with Gasteiger partial charge in [-0.2, -0.15) is 0 Å². The van der Waals surface area contributed by atoms with Gasteiger partial charge in [0.05, 0.1) is 6.04 Å². The van der Waals surface area contributed by atoms with Gasteiger partial charge in [0.25, 0.3) is 5.91 Å². The van der Waals surface area contributed by atoms with Crippen LogP contribution in [0.15, 0.2) is 42.5 Å². The number of carbonyl (C=O) groups excluding carboxylic acids is 2. The maximum Gasteiger partial charge on any atom is 0.417 e. The lowest BCUT2D eigenvalue weighted by Crippen LogP contribution is -2.49. The van der Waals surface area contributed by atoms with Crippen LogP contribution >= 0.6 is 11.8 Å². The molecule has 1 aromatic carbocycles. The summed E-state index contributed by atoms with van der Waals surface area (Å²) in [6.45, 7) is 4.30. The minimum absolute atomic E-state index is 0.219. The van der Waals surface area contributed by atoms with Gasteiger partial charge in [0.2, 0.25) is 0 Å². The molecular weight excluding hydrogens is 438 g/mol. The highest BCUT2D eigenvalue weighted by Crippen LogP contribution is 2.33. The number of imide groups is 1. The fourth-order valence-corrected chi connectivity index (χ4v) is 5.01. The number of nitrogens with zero attached hydrogens (tertiary/aromatic N) is 1. The third kappa shape index (κ3) is 8.47. The summed E-state index contributed by atoms with van der Waals surface area (Å²) in [6.07, 6.45) is 9.98. The van der Waals surface area contributed by atoms with Gasteiger partial charge in [0.1, 0.15) is 11.4 Å². The average Bonchev–Trinajstić information content (AvgIpc) is 3.18. The van der Waals surface area contributed by atoms with Crippen molar-refractivity contribution in [2.75, 3.05) is 26.6 Å². The van der Waals surface area contributed by atoms with Crippen molar-refractivity contribution in [3.8, 4) is 0 Å². The number of carbonyl (C=O) groups is 2. The van der Waals surface area contributed by atoms with Crippen LogP contribution < -0.4 is 0 Å². The first kappa shape index (κ1) is 27.4. The largest absolute Gasteiger partial charge is 0.447 e. The Morgan fingerprint density at radius 3 is 2.64 bits per heavy atom. The highest BCUT2D eigenvalue weighted by atomic mass is 32.2. The molecule has 1 heterocycles. The third-order valence-electron chi connectivity index (χ3n) is 5.86. The first-order valence-corrected chi connectivity index (χ1v) is 12.8. The highest BCUT2D eigenvalue weighted by molar-refractivity contribution is 8.01. The molecule has 1 aliphatic heterocycles. The molecule has 2 amide bonds. The number of unbranched alkanes of at least 4 members (excludes halogenated alkanes) is 4. The molecule has 0 saturated carbocycles. The van der Waals surface area contributed by atoms with E-state index >= 15 is 0 Å². The summed E-state index contributed by atoms with van der Waals surface area (Å²) < 4.78 is 15.0. The van der Waals surface area contributed by atoms with Crippen LogP contribution in [0.3, 0.4) is 0 Å². The van der Waals surface area contributed by atoms with Gasteiger partial charge in [-0.1, -0.05) is 68.7 Å². The number of amides is 2. The Hall–Kier alpha value is -1.83. The molecule has 0 radical (unpaired) electrons. The Morgan fingerprint density at radius 2 is 1.97 bits per heavy atom. The summed E-state index contributed by atoms with van der Waals surface area (Å²) in [6, 6.07) is 9.58. The van der Waals surface area contributed by atoms with Crippen LogP contribution in [0.5, 0.6) is 0 Å². The monoisotopic (exact) mass is 477 g/mol. The minimum Gasteiger partial charge on any atom is -0.447 e. The summed E-state index contributed by atoms with van der Waals surface area (Å²) in [4.78, 5) is 27.7. The van der Waals surface area contributed by atoms with E-state index in [4.69, 9.17) is 14.2 Å². The van der Waals surface area contributed by atoms with E-state index in [0.717, 1.165) is 18.4 Å². The van der Waals surface area contributed by atoms with Crippen molar-refractivity contribution in [3.63, 3.8) is 0 Å². The van der Waals surface area contributed by atoms with Crippen LogP contribution in [-0.4, -0.2) is 60.6 Å².